The van der Waals surface area contributed by atoms with Crippen molar-refractivity contribution in [2.45, 2.75) is 82.0 Å². The molecule has 1 aliphatic carbocycles. The number of fused-ring (bicyclic) bond motifs is 3. The van der Waals surface area contributed by atoms with Gasteiger partial charge in [-0.25, -0.2) is 14.6 Å². The summed E-state index contributed by atoms with van der Waals surface area (Å²) >= 11 is 0. The highest BCUT2D eigenvalue weighted by Gasteiger charge is 2.55. The van der Waals surface area contributed by atoms with Gasteiger partial charge in [-0.05, 0) is 49.8 Å². The topological polar surface area (TPSA) is 147 Å². The summed E-state index contributed by atoms with van der Waals surface area (Å²) in [6, 6.07) is 15.7. The lowest BCUT2D eigenvalue weighted by atomic mass is 9.66. The third-order valence-electron chi connectivity index (χ3n) is 9.82. The molecule has 5 atom stereocenters. The number of carbonyl (C=O) groups is 4. The molecule has 3 N–H and O–H groups in total. The van der Waals surface area contributed by atoms with Crippen LogP contribution in [0.3, 0.4) is 0 Å². The Balaban J connectivity index is 1.39. The Labute approximate surface area is 279 Å². The van der Waals surface area contributed by atoms with E-state index in [0.717, 1.165) is 34.1 Å². The Hall–Kier alpha value is -4.93. The molecule has 2 fully saturated rings. The second kappa shape index (κ2) is 14.0. The molecule has 252 valence electrons. The maximum Gasteiger partial charge on any atom is 0.407 e. The molecule has 3 amide bonds. The highest BCUT2D eigenvalue weighted by atomic mass is 16.5. The molecule has 11 nitrogen and oxygen atoms in total. The number of carbonyl (C=O) groups excluding carboxylic acids is 3. The highest BCUT2D eigenvalue weighted by molar-refractivity contribution is 5.95. The summed E-state index contributed by atoms with van der Waals surface area (Å²) < 4.78 is 12.2. The van der Waals surface area contributed by atoms with Crippen molar-refractivity contribution in [1.82, 2.24) is 20.5 Å². The molecule has 1 saturated heterocycles. The molecule has 2 aromatic carbocycles. The molecule has 48 heavy (non-hydrogen) atoms. The number of cyclic esters (lactones) is 1. The van der Waals surface area contributed by atoms with Gasteiger partial charge in [0.05, 0.1) is 24.4 Å². The first-order chi connectivity index (χ1) is 23.2. The number of aryl methyl sites for hydroxylation is 1. The average molecular weight is 655 g/mol. The molecule has 4 bridgehead atoms. The van der Waals surface area contributed by atoms with Crippen molar-refractivity contribution in [3.05, 3.63) is 72.8 Å². The van der Waals surface area contributed by atoms with Gasteiger partial charge in [-0.1, -0.05) is 62.2 Å². The molecular weight excluding hydrogens is 612 g/mol. The number of unbranched alkanes of at least 4 members (excludes halogenated alkanes) is 1. The second-order valence-corrected chi connectivity index (χ2v) is 12.9. The number of nitrogens with one attached hydrogen (secondary N) is 2. The zero-order chi connectivity index (χ0) is 33.8. The SMILES string of the molecule is C=C[C@@H]1CC[C@]1(NC(=O)[C@@H]1C[C@@H]2CN1C(=O)[C@H](CCCC)NC(=O)OCCCc1ccc3nc(-c4ccccc4)cc(c3c1)O2)C(=O)O. The third kappa shape index (κ3) is 6.58. The average Bonchev–Trinajstić information content (AvgIpc) is 3.50. The Bertz CT molecular complexity index is 1710. The first-order valence-electron chi connectivity index (χ1n) is 16.8. The quantitative estimate of drug-likeness (QED) is 0.287. The Morgan fingerprint density at radius 2 is 2.00 bits per heavy atom. The molecular formula is C37H42N4O7. The fraction of sp³-hybridized carbons (Fsp3) is 0.432. The van der Waals surface area contributed by atoms with E-state index in [1.165, 1.54) is 4.90 Å². The van der Waals surface area contributed by atoms with Gasteiger partial charge < -0.3 is 30.1 Å². The van der Waals surface area contributed by atoms with Gasteiger partial charge in [0.25, 0.3) is 0 Å². The van der Waals surface area contributed by atoms with E-state index in [-0.39, 0.29) is 26.0 Å². The normalized spacial score (nSPS) is 25.8. The van der Waals surface area contributed by atoms with Crippen LogP contribution in [-0.4, -0.2) is 75.7 Å². The van der Waals surface area contributed by atoms with Gasteiger partial charge in [0.15, 0.2) is 0 Å². The largest absolute Gasteiger partial charge is 0.488 e. The van der Waals surface area contributed by atoms with Crippen LogP contribution in [0.5, 0.6) is 5.75 Å². The van der Waals surface area contributed by atoms with E-state index in [9.17, 15) is 24.3 Å². The number of pyridine rings is 1. The van der Waals surface area contributed by atoms with E-state index in [1.54, 1.807) is 6.08 Å². The fourth-order valence-electron chi connectivity index (χ4n) is 6.99. The summed E-state index contributed by atoms with van der Waals surface area (Å²) in [6.45, 7) is 5.98. The van der Waals surface area contributed by atoms with Crippen LogP contribution in [0.4, 0.5) is 4.79 Å². The van der Waals surface area contributed by atoms with E-state index in [2.05, 4.69) is 17.2 Å². The summed E-state index contributed by atoms with van der Waals surface area (Å²) in [6.07, 6.45) is 4.25. The van der Waals surface area contributed by atoms with Gasteiger partial charge in [0, 0.05) is 29.4 Å². The molecule has 2 aliphatic heterocycles. The predicted molar refractivity (Wildman–Crippen MR) is 179 cm³/mol. The molecule has 3 heterocycles. The summed E-state index contributed by atoms with van der Waals surface area (Å²) in [4.78, 5) is 59.8. The molecule has 1 aromatic heterocycles. The van der Waals surface area contributed by atoms with Crippen LogP contribution < -0.4 is 15.4 Å². The van der Waals surface area contributed by atoms with Crippen molar-refractivity contribution in [1.29, 1.82) is 0 Å². The maximum absolute atomic E-state index is 14.2. The van der Waals surface area contributed by atoms with E-state index in [4.69, 9.17) is 14.5 Å². The van der Waals surface area contributed by atoms with Crippen LogP contribution in [0.25, 0.3) is 22.2 Å². The van der Waals surface area contributed by atoms with Gasteiger partial charge in [0.1, 0.15) is 29.5 Å². The minimum atomic E-state index is -1.49. The first kappa shape index (κ1) is 33.0. The van der Waals surface area contributed by atoms with Gasteiger partial charge in [-0.15, -0.1) is 6.58 Å². The van der Waals surface area contributed by atoms with Crippen LogP contribution in [0.1, 0.15) is 57.4 Å². The number of rotatable bonds is 8. The number of aliphatic carboxylic acids is 1. The molecule has 3 aromatic rings. The number of amides is 3. The number of nitrogens with zero attached hydrogens (tertiary/aromatic N) is 2. The number of aromatic nitrogens is 1. The van der Waals surface area contributed by atoms with Crippen molar-refractivity contribution < 1.29 is 33.8 Å². The molecule has 6 rings (SSSR count). The number of carboxylic acid groups (broad SMARTS) is 1. The monoisotopic (exact) mass is 654 g/mol. The van der Waals surface area contributed by atoms with Crippen molar-refractivity contribution in [3.8, 4) is 17.0 Å². The number of alkyl carbamates (subject to hydrolysis) is 1. The molecule has 3 aliphatic rings. The lowest BCUT2D eigenvalue weighted by molar-refractivity contribution is -0.156. The maximum atomic E-state index is 14.2. The first-order valence-corrected chi connectivity index (χ1v) is 16.8. The smallest absolute Gasteiger partial charge is 0.407 e. The summed E-state index contributed by atoms with van der Waals surface area (Å²) in [5, 5.41) is 16.5. The van der Waals surface area contributed by atoms with Crippen molar-refractivity contribution in [2.24, 2.45) is 5.92 Å². The zero-order valence-electron chi connectivity index (χ0n) is 27.2. The van der Waals surface area contributed by atoms with E-state index < -0.39 is 53.5 Å². The fourth-order valence-corrected chi connectivity index (χ4v) is 6.99. The molecule has 0 radical (unpaired) electrons. The standard InChI is InChI=1S/C37H42N4O7/c1-3-5-13-29-34(43)41-22-26(20-31(41)33(42)40-37(35(44)45)17-16-25(37)4-2)48-32-21-30(24-11-7-6-8-12-24)38-28-15-14-23(19-27(28)32)10-9-18-47-36(46)39-29/h4,6-8,11-12,14-15,19,21,25-26,29,31H,2-3,5,9-10,13,16-18,20,22H2,1H3,(H,39,46)(H,40,42)(H,44,45)/t25-,26-,29+,31+,37-/m1/s1. The Morgan fingerprint density at radius 1 is 1.19 bits per heavy atom. The number of carboxylic acids is 1. The number of hydrogen-bond donors (Lipinski definition) is 3. The van der Waals surface area contributed by atoms with Crippen molar-refractivity contribution in [2.75, 3.05) is 13.2 Å². The zero-order valence-corrected chi connectivity index (χ0v) is 27.2. The minimum absolute atomic E-state index is 0.0609. The minimum Gasteiger partial charge on any atom is -0.488 e. The number of ether oxygens (including phenoxy) is 2. The van der Waals surface area contributed by atoms with Crippen LogP contribution in [-0.2, 0) is 25.5 Å². The molecule has 1 saturated carbocycles. The highest BCUT2D eigenvalue weighted by Crippen LogP contribution is 2.40. The van der Waals surface area contributed by atoms with Gasteiger partial charge >= 0.3 is 12.1 Å². The van der Waals surface area contributed by atoms with E-state index >= 15 is 0 Å². The van der Waals surface area contributed by atoms with Crippen LogP contribution in [0, 0.1) is 5.92 Å². The summed E-state index contributed by atoms with van der Waals surface area (Å²) in [5.74, 6) is -2.02. The van der Waals surface area contributed by atoms with Gasteiger partial charge in [-0.2, -0.15) is 0 Å². The molecule has 0 spiro atoms. The van der Waals surface area contributed by atoms with Crippen LogP contribution in [0.2, 0.25) is 0 Å². The molecule has 0 unspecified atom stereocenters. The Morgan fingerprint density at radius 3 is 2.71 bits per heavy atom. The number of benzene rings is 2. The van der Waals surface area contributed by atoms with Gasteiger partial charge in [-0.3, -0.25) is 9.59 Å². The summed E-state index contributed by atoms with van der Waals surface area (Å²) in [5.41, 5.74) is 1.90. The third-order valence-corrected chi connectivity index (χ3v) is 9.82. The van der Waals surface area contributed by atoms with Crippen molar-refractivity contribution >= 4 is 34.8 Å². The second-order valence-electron chi connectivity index (χ2n) is 12.9. The van der Waals surface area contributed by atoms with Crippen LogP contribution in [0.15, 0.2) is 67.3 Å². The van der Waals surface area contributed by atoms with E-state index in [1.807, 2.05) is 61.5 Å². The lowest BCUT2D eigenvalue weighted by Gasteiger charge is -2.45. The van der Waals surface area contributed by atoms with E-state index in [0.29, 0.717) is 37.9 Å². The molecule has 11 heteroatoms. The van der Waals surface area contributed by atoms with Crippen LogP contribution >= 0.6 is 0 Å². The Kier molecular flexibility index (Phi) is 9.66. The summed E-state index contributed by atoms with van der Waals surface area (Å²) in [7, 11) is 0. The predicted octanol–water partition coefficient (Wildman–Crippen LogP) is 5.02. The lowest BCUT2D eigenvalue weighted by Crippen LogP contribution is -2.67. The van der Waals surface area contributed by atoms with Gasteiger partial charge in [0.2, 0.25) is 11.8 Å². The van der Waals surface area contributed by atoms with Crippen molar-refractivity contribution in [3.63, 3.8) is 0 Å². The number of hydrogen-bond acceptors (Lipinski definition) is 7.